The Balaban J connectivity index is 2.99. The lowest BCUT2D eigenvalue weighted by atomic mass is 10.4. The van der Waals surface area contributed by atoms with Crippen LogP contribution in [0.15, 0.2) is 35.3 Å². The fourth-order valence-corrected chi connectivity index (χ4v) is 1.02. The molecule has 0 saturated carbocycles. The van der Waals surface area contributed by atoms with Crippen LogP contribution in [0.3, 0.4) is 0 Å². The highest BCUT2D eigenvalue weighted by Crippen LogP contribution is 1.98. The quantitative estimate of drug-likeness (QED) is 0.540. The van der Waals surface area contributed by atoms with Gasteiger partial charge in [-0.2, -0.15) is 9.37 Å². The average Bonchev–Trinajstić information content (AvgIpc) is 2.04. The van der Waals surface area contributed by atoms with Gasteiger partial charge in [0.1, 0.15) is 5.65 Å². The molecule has 0 spiro atoms. The van der Waals surface area contributed by atoms with Gasteiger partial charge in [0.05, 0.1) is 6.07 Å². The Morgan fingerprint density at radius 1 is 1.42 bits per heavy atom. The number of aromatic nitrogens is 2. The van der Waals surface area contributed by atoms with Crippen molar-refractivity contribution in [2.75, 3.05) is 0 Å². The summed E-state index contributed by atoms with van der Waals surface area (Å²) in [6, 6.07) is 5.79. The zero-order valence-corrected chi connectivity index (χ0v) is 6.07. The predicted molar refractivity (Wildman–Crippen MR) is 41.4 cm³/mol. The third kappa shape index (κ3) is 0.972. The number of hydrogen-bond acceptors (Lipinski definition) is 2. The van der Waals surface area contributed by atoms with E-state index in [2.05, 4.69) is 4.98 Å². The molecule has 4 heteroatoms. The Hall–Kier alpha value is -1.71. The summed E-state index contributed by atoms with van der Waals surface area (Å²) >= 11 is 0. The molecule has 0 aliphatic carbocycles. The summed E-state index contributed by atoms with van der Waals surface area (Å²) in [6.07, 6.45) is 1.51. The molecule has 2 heterocycles. The van der Waals surface area contributed by atoms with E-state index in [1.54, 1.807) is 18.2 Å². The molecule has 2 aromatic rings. The van der Waals surface area contributed by atoms with Crippen LogP contribution in [0.5, 0.6) is 0 Å². The van der Waals surface area contributed by atoms with Crippen LogP contribution in [0.25, 0.3) is 5.65 Å². The largest absolute Gasteiger partial charge is 0.277 e. The second-order valence-electron chi connectivity index (χ2n) is 2.35. The van der Waals surface area contributed by atoms with Crippen LogP contribution in [0.4, 0.5) is 4.39 Å². The van der Waals surface area contributed by atoms with E-state index in [1.165, 1.54) is 10.6 Å². The summed E-state index contributed by atoms with van der Waals surface area (Å²) in [5.41, 5.74) is -0.235. The molecular formula is C8H5FN2O. The monoisotopic (exact) mass is 164 g/mol. The first-order valence-electron chi connectivity index (χ1n) is 3.41. The Kier molecular flexibility index (Phi) is 1.40. The maximum Gasteiger partial charge on any atom is 0.276 e. The third-order valence-electron chi connectivity index (χ3n) is 1.54. The van der Waals surface area contributed by atoms with Crippen LogP contribution in [0.1, 0.15) is 0 Å². The van der Waals surface area contributed by atoms with E-state index in [0.29, 0.717) is 5.65 Å². The lowest BCUT2D eigenvalue weighted by Crippen LogP contribution is -2.10. The topological polar surface area (TPSA) is 34.4 Å². The van der Waals surface area contributed by atoms with Crippen molar-refractivity contribution < 1.29 is 4.39 Å². The number of rotatable bonds is 0. The van der Waals surface area contributed by atoms with E-state index >= 15 is 0 Å². The SMILES string of the molecule is O=c1cc(F)n2ccccc2n1. The van der Waals surface area contributed by atoms with Crippen molar-refractivity contribution in [1.82, 2.24) is 9.38 Å². The van der Waals surface area contributed by atoms with Crippen LogP contribution in [0.2, 0.25) is 0 Å². The maximum absolute atomic E-state index is 13.0. The first-order chi connectivity index (χ1) is 5.77. The standard InChI is InChI=1S/C8H5FN2O/c9-6-5-8(12)10-7-3-1-2-4-11(6)7/h1-5H. The fraction of sp³-hybridized carbons (Fsp3) is 0. The molecule has 3 nitrogen and oxygen atoms in total. The van der Waals surface area contributed by atoms with E-state index in [4.69, 9.17) is 0 Å². The minimum absolute atomic E-state index is 0.322. The number of fused-ring (bicyclic) bond motifs is 1. The van der Waals surface area contributed by atoms with Gasteiger partial charge in [-0.05, 0) is 12.1 Å². The van der Waals surface area contributed by atoms with Crippen LogP contribution < -0.4 is 5.56 Å². The Bertz CT molecular complexity index is 478. The van der Waals surface area contributed by atoms with Crippen LogP contribution in [0, 0.1) is 5.95 Å². The second kappa shape index (κ2) is 2.41. The molecule has 0 saturated heterocycles. The molecule has 0 aliphatic rings. The zero-order chi connectivity index (χ0) is 8.55. The summed E-state index contributed by atoms with van der Waals surface area (Å²) in [7, 11) is 0. The predicted octanol–water partition coefficient (Wildman–Crippen LogP) is 0.834. The number of pyridine rings is 1. The Labute approximate surface area is 67.1 Å². The van der Waals surface area contributed by atoms with Gasteiger partial charge in [-0.1, -0.05) is 6.07 Å². The molecule has 12 heavy (non-hydrogen) atoms. The minimum Gasteiger partial charge on any atom is -0.277 e. The van der Waals surface area contributed by atoms with Gasteiger partial charge in [0, 0.05) is 6.20 Å². The van der Waals surface area contributed by atoms with Crippen molar-refractivity contribution in [3.05, 3.63) is 46.8 Å². The van der Waals surface area contributed by atoms with Gasteiger partial charge in [0.2, 0.25) is 5.95 Å². The van der Waals surface area contributed by atoms with E-state index in [0.717, 1.165) is 6.07 Å². The minimum atomic E-state index is -0.592. The van der Waals surface area contributed by atoms with E-state index in [-0.39, 0.29) is 0 Å². The van der Waals surface area contributed by atoms with E-state index in [9.17, 15) is 9.18 Å². The van der Waals surface area contributed by atoms with E-state index < -0.39 is 11.5 Å². The molecule has 0 atom stereocenters. The molecule has 0 fully saturated rings. The summed E-state index contributed by atoms with van der Waals surface area (Å²) in [5.74, 6) is -0.592. The summed E-state index contributed by atoms with van der Waals surface area (Å²) < 4.78 is 14.2. The molecule has 0 radical (unpaired) electrons. The molecule has 0 aliphatic heterocycles. The first kappa shape index (κ1) is 6.97. The lowest BCUT2D eigenvalue weighted by molar-refractivity contribution is 0.561. The van der Waals surface area contributed by atoms with Crippen molar-refractivity contribution in [3.63, 3.8) is 0 Å². The highest BCUT2D eigenvalue weighted by atomic mass is 19.1. The number of nitrogens with zero attached hydrogens (tertiary/aromatic N) is 2. The van der Waals surface area contributed by atoms with Gasteiger partial charge in [-0.25, -0.2) is 0 Å². The molecule has 0 bridgehead atoms. The van der Waals surface area contributed by atoms with Crippen molar-refractivity contribution in [2.45, 2.75) is 0 Å². The number of hydrogen-bond donors (Lipinski definition) is 0. The van der Waals surface area contributed by atoms with Crippen molar-refractivity contribution in [2.24, 2.45) is 0 Å². The van der Waals surface area contributed by atoms with Crippen molar-refractivity contribution >= 4 is 5.65 Å². The van der Waals surface area contributed by atoms with Gasteiger partial charge in [0.25, 0.3) is 5.56 Å². The average molecular weight is 164 g/mol. The van der Waals surface area contributed by atoms with Crippen LogP contribution >= 0.6 is 0 Å². The second-order valence-corrected chi connectivity index (χ2v) is 2.35. The molecule has 60 valence electrons. The van der Waals surface area contributed by atoms with Crippen molar-refractivity contribution in [1.29, 1.82) is 0 Å². The molecule has 0 aromatic carbocycles. The summed E-state index contributed by atoms with van der Waals surface area (Å²) in [5, 5.41) is 0. The Morgan fingerprint density at radius 3 is 3.08 bits per heavy atom. The van der Waals surface area contributed by atoms with Gasteiger partial charge in [-0.15, -0.1) is 0 Å². The first-order valence-corrected chi connectivity index (χ1v) is 3.41. The molecule has 2 rings (SSSR count). The smallest absolute Gasteiger partial charge is 0.276 e. The van der Waals surface area contributed by atoms with Gasteiger partial charge < -0.3 is 0 Å². The fourth-order valence-electron chi connectivity index (χ4n) is 1.02. The summed E-state index contributed by atoms with van der Waals surface area (Å²) in [6.45, 7) is 0. The highest BCUT2D eigenvalue weighted by molar-refractivity contribution is 5.36. The molecule has 0 N–H and O–H groups in total. The molecular weight excluding hydrogens is 159 g/mol. The number of halogens is 1. The third-order valence-corrected chi connectivity index (χ3v) is 1.54. The normalized spacial score (nSPS) is 10.4. The van der Waals surface area contributed by atoms with Crippen LogP contribution in [-0.4, -0.2) is 9.38 Å². The highest BCUT2D eigenvalue weighted by Gasteiger charge is 1.98. The van der Waals surface area contributed by atoms with Gasteiger partial charge >= 0.3 is 0 Å². The Morgan fingerprint density at radius 2 is 2.25 bits per heavy atom. The van der Waals surface area contributed by atoms with Gasteiger partial charge in [0.15, 0.2) is 0 Å². The lowest BCUT2D eigenvalue weighted by Gasteiger charge is -1.98. The maximum atomic E-state index is 13.0. The molecule has 0 amide bonds. The van der Waals surface area contributed by atoms with Crippen LogP contribution in [-0.2, 0) is 0 Å². The molecule has 0 unspecified atom stereocenters. The summed E-state index contributed by atoms with van der Waals surface area (Å²) in [4.78, 5) is 14.3. The van der Waals surface area contributed by atoms with Gasteiger partial charge in [-0.3, -0.25) is 9.20 Å². The van der Waals surface area contributed by atoms with Crippen molar-refractivity contribution in [3.8, 4) is 0 Å². The molecule has 2 aromatic heterocycles. The van der Waals surface area contributed by atoms with E-state index in [1.807, 2.05) is 0 Å². The zero-order valence-electron chi connectivity index (χ0n) is 6.07.